The molecule has 0 saturated heterocycles. The predicted octanol–water partition coefficient (Wildman–Crippen LogP) is 10.7. The molecule has 0 aliphatic carbocycles. The molecular formula is C30H20Br2ClN. The largest absolute Gasteiger partial charge is 0.309 e. The van der Waals surface area contributed by atoms with Crippen molar-refractivity contribution in [2.75, 3.05) is 4.90 Å². The Bertz CT molecular complexity index is 1360. The first-order valence-electron chi connectivity index (χ1n) is 10.9. The molecule has 0 heterocycles. The molecule has 0 aliphatic heterocycles. The molecule has 4 heteroatoms. The van der Waals surface area contributed by atoms with E-state index in [1.54, 1.807) is 0 Å². The summed E-state index contributed by atoms with van der Waals surface area (Å²) in [7, 11) is 0. The fourth-order valence-corrected chi connectivity index (χ4v) is 5.63. The van der Waals surface area contributed by atoms with Crippen LogP contribution in [0.4, 0.5) is 17.1 Å². The maximum Gasteiger partial charge on any atom is 0.0618 e. The monoisotopic (exact) mass is 587 g/mol. The molecule has 1 nitrogen and oxygen atoms in total. The first kappa shape index (κ1) is 22.9. The Morgan fingerprint density at radius 3 is 1.56 bits per heavy atom. The molecule has 0 fully saturated rings. The lowest BCUT2D eigenvalue weighted by Gasteiger charge is -2.30. The van der Waals surface area contributed by atoms with Gasteiger partial charge in [0.1, 0.15) is 0 Å². The smallest absolute Gasteiger partial charge is 0.0618 e. The minimum absolute atomic E-state index is 0.690. The molecule has 0 N–H and O–H groups in total. The van der Waals surface area contributed by atoms with Crippen molar-refractivity contribution in [3.63, 3.8) is 0 Å². The first-order chi connectivity index (χ1) is 16.6. The summed E-state index contributed by atoms with van der Waals surface area (Å²) >= 11 is 13.9. The van der Waals surface area contributed by atoms with E-state index < -0.39 is 0 Å². The quantitative estimate of drug-likeness (QED) is 0.197. The lowest BCUT2D eigenvalue weighted by atomic mass is 9.94. The van der Waals surface area contributed by atoms with Gasteiger partial charge in [-0.3, -0.25) is 0 Å². The number of halogens is 3. The van der Waals surface area contributed by atoms with Crippen molar-refractivity contribution in [2.24, 2.45) is 0 Å². The molecule has 5 aromatic carbocycles. The van der Waals surface area contributed by atoms with Gasteiger partial charge in [-0.2, -0.15) is 0 Å². The van der Waals surface area contributed by atoms with Gasteiger partial charge >= 0.3 is 0 Å². The Morgan fingerprint density at radius 1 is 0.500 bits per heavy atom. The van der Waals surface area contributed by atoms with Crippen LogP contribution in [0.5, 0.6) is 0 Å². The van der Waals surface area contributed by atoms with Crippen LogP contribution in [0.15, 0.2) is 130 Å². The molecule has 0 radical (unpaired) electrons. The van der Waals surface area contributed by atoms with Crippen molar-refractivity contribution in [1.29, 1.82) is 0 Å². The summed E-state index contributed by atoms with van der Waals surface area (Å²) in [6, 6.07) is 41.8. The zero-order chi connectivity index (χ0) is 23.5. The summed E-state index contributed by atoms with van der Waals surface area (Å²) in [5.74, 6) is 0. The zero-order valence-corrected chi connectivity index (χ0v) is 22.1. The number of rotatable bonds is 5. The van der Waals surface area contributed by atoms with Crippen LogP contribution >= 0.6 is 43.5 Å². The SMILES string of the molecule is Clc1cccc(N(c2cc(Br)cc(Br)c2)c2c(-c3ccccc3)cccc2-c2ccccc2)c1. The Labute approximate surface area is 221 Å². The van der Waals surface area contributed by atoms with Crippen LogP contribution in [0, 0.1) is 0 Å². The Kier molecular flexibility index (Phi) is 6.87. The highest BCUT2D eigenvalue weighted by Crippen LogP contribution is 2.47. The molecule has 0 spiro atoms. The van der Waals surface area contributed by atoms with E-state index in [-0.39, 0.29) is 0 Å². The van der Waals surface area contributed by atoms with E-state index >= 15 is 0 Å². The maximum absolute atomic E-state index is 6.49. The van der Waals surface area contributed by atoms with Crippen LogP contribution in [-0.2, 0) is 0 Å². The molecular weight excluding hydrogens is 570 g/mol. The summed E-state index contributed by atoms with van der Waals surface area (Å²) in [6.45, 7) is 0. The van der Waals surface area contributed by atoms with Crippen LogP contribution in [-0.4, -0.2) is 0 Å². The summed E-state index contributed by atoms with van der Waals surface area (Å²) < 4.78 is 1.98. The topological polar surface area (TPSA) is 3.24 Å². The van der Waals surface area contributed by atoms with Crippen LogP contribution in [0.3, 0.4) is 0 Å². The van der Waals surface area contributed by atoms with Gasteiger partial charge in [0.25, 0.3) is 0 Å². The number of hydrogen-bond acceptors (Lipinski definition) is 1. The van der Waals surface area contributed by atoms with Gasteiger partial charge in [-0.15, -0.1) is 0 Å². The predicted molar refractivity (Wildman–Crippen MR) is 152 cm³/mol. The van der Waals surface area contributed by atoms with E-state index in [1.165, 1.54) is 0 Å². The molecule has 5 rings (SSSR count). The van der Waals surface area contributed by atoms with E-state index in [9.17, 15) is 0 Å². The minimum Gasteiger partial charge on any atom is -0.309 e. The molecule has 166 valence electrons. The summed E-state index contributed by atoms with van der Waals surface area (Å²) in [6.07, 6.45) is 0. The van der Waals surface area contributed by atoms with Crippen molar-refractivity contribution in [3.8, 4) is 22.3 Å². The third kappa shape index (κ3) is 4.83. The Hall–Kier alpha value is -2.85. The molecule has 0 aliphatic rings. The summed E-state index contributed by atoms with van der Waals surface area (Å²) in [4.78, 5) is 2.28. The van der Waals surface area contributed by atoms with Crippen LogP contribution in [0.25, 0.3) is 22.3 Å². The fraction of sp³-hybridized carbons (Fsp3) is 0. The number of para-hydroxylation sites is 1. The van der Waals surface area contributed by atoms with Gasteiger partial charge in [0.15, 0.2) is 0 Å². The molecule has 34 heavy (non-hydrogen) atoms. The van der Waals surface area contributed by atoms with Crippen molar-refractivity contribution in [2.45, 2.75) is 0 Å². The molecule has 5 aromatic rings. The van der Waals surface area contributed by atoms with Crippen molar-refractivity contribution in [1.82, 2.24) is 0 Å². The van der Waals surface area contributed by atoms with Crippen LogP contribution in [0.1, 0.15) is 0 Å². The van der Waals surface area contributed by atoms with Gasteiger partial charge < -0.3 is 4.90 Å². The highest BCUT2D eigenvalue weighted by Gasteiger charge is 2.22. The molecule has 0 atom stereocenters. The molecule has 0 saturated carbocycles. The second-order valence-corrected chi connectivity index (χ2v) is 10.1. The summed E-state index contributed by atoms with van der Waals surface area (Å²) in [5.41, 5.74) is 7.66. The van der Waals surface area contributed by atoms with E-state index in [1.807, 2.05) is 36.4 Å². The van der Waals surface area contributed by atoms with Crippen molar-refractivity contribution >= 4 is 60.5 Å². The number of anilines is 3. The van der Waals surface area contributed by atoms with Crippen LogP contribution < -0.4 is 4.90 Å². The minimum atomic E-state index is 0.690. The standard InChI is InChI=1S/C30H20Br2ClN/c31-23-17-24(32)19-27(18-23)34(26-14-7-13-25(33)20-26)30-28(21-9-3-1-4-10-21)15-8-16-29(30)22-11-5-2-6-12-22/h1-20H. The Balaban J connectivity index is 1.88. The fourth-order valence-electron chi connectivity index (χ4n) is 4.18. The van der Waals surface area contributed by atoms with Crippen molar-refractivity contribution in [3.05, 3.63) is 135 Å². The lowest BCUT2D eigenvalue weighted by Crippen LogP contribution is -2.13. The number of nitrogens with zero attached hydrogens (tertiary/aromatic N) is 1. The second kappa shape index (κ2) is 10.2. The average molecular weight is 590 g/mol. The molecule has 0 amide bonds. The van der Waals surface area contributed by atoms with Gasteiger partial charge in [0.2, 0.25) is 0 Å². The zero-order valence-electron chi connectivity index (χ0n) is 18.1. The van der Waals surface area contributed by atoms with Gasteiger partial charge in [0.05, 0.1) is 5.69 Å². The average Bonchev–Trinajstić information content (AvgIpc) is 2.85. The summed E-state index contributed by atoms with van der Waals surface area (Å²) in [5, 5.41) is 0.690. The lowest BCUT2D eigenvalue weighted by molar-refractivity contribution is 1.28. The highest BCUT2D eigenvalue weighted by atomic mass is 79.9. The number of benzene rings is 5. The van der Waals surface area contributed by atoms with E-state index in [0.29, 0.717) is 5.02 Å². The Morgan fingerprint density at radius 2 is 1.03 bits per heavy atom. The van der Waals surface area contributed by atoms with Crippen LogP contribution in [0.2, 0.25) is 5.02 Å². The normalized spacial score (nSPS) is 10.8. The maximum atomic E-state index is 6.49. The number of hydrogen-bond donors (Lipinski definition) is 0. The molecule has 0 bridgehead atoms. The van der Waals surface area contributed by atoms with Gasteiger partial charge in [0, 0.05) is 36.5 Å². The van der Waals surface area contributed by atoms with E-state index in [4.69, 9.17) is 11.6 Å². The van der Waals surface area contributed by atoms with Gasteiger partial charge in [-0.25, -0.2) is 0 Å². The third-order valence-electron chi connectivity index (χ3n) is 5.60. The molecule has 0 aromatic heterocycles. The van der Waals surface area contributed by atoms with Crippen molar-refractivity contribution < 1.29 is 0 Å². The first-order valence-corrected chi connectivity index (χ1v) is 12.8. The van der Waals surface area contributed by atoms with E-state index in [0.717, 1.165) is 48.3 Å². The second-order valence-electron chi connectivity index (χ2n) is 7.88. The van der Waals surface area contributed by atoms with Gasteiger partial charge in [-0.1, -0.05) is 128 Å². The van der Waals surface area contributed by atoms with Gasteiger partial charge in [-0.05, 0) is 47.5 Å². The third-order valence-corrected chi connectivity index (χ3v) is 6.75. The highest BCUT2D eigenvalue weighted by molar-refractivity contribution is 9.11. The van der Waals surface area contributed by atoms with E-state index in [2.05, 4.69) is 122 Å². The molecule has 0 unspecified atom stereocenters.